The average Bonchev–Trinajstić information content (AvgIpc) is 3.10. The molecule has 0 N–H and O–H groups in total. The van der Waals surface area contributed by atoms with Crippen molar-refractivity contribution in [3.05, 3.63) is 30.2 Å². The van der Waals surface area contributed by atoms with E-state index < -0.39 is 5.60 Å². The molecule has 3 rings (SSSR count). The number of carbonyl (C=O) groups is 1. The molecule has 0 bridgehead atoms. The molecule has 152 valence electrons. The van der Waals surface area contributed by atoms with Crippen LogP contribution in [0.25, 0.3) is 11.4 Å². The van der Waals surface area contributed by atoms with Crippen LogP contribution in [0.5, 0.6) is 5.75 Å². The van der Waals surface area contributed by atoms with Crippen LogP contribution < -0.4 is 4.74 Å². The van der Waals surface area contributed by atoms with Crippen LogP contribution in [-0.2, 0) is 11.3 Å². The predicted molar refractivity (Wildman–Crippen MR) is 104 cm³/mol. The Bertz CT molecular complexity index is 774. The van der Waals surface area contributed by atoms with E-state index in [1.165, 1.54) is 0 Å². The molecule has 1 aromatic carbocycles. The van der Waals surface area contributed by atoms with Crippen LogP contribution in [0, 0.1) is 0 Å². The first-order chi connectivity index (χ1) is 13.3. The van der Waals surface area contributed by atoms with E-state index >= 15 is 0 Å². The van der Waals surface area contributed by atoms with Crippen LogP contribution in [0.3, 0.4) is 0 Å². The molecule has 1 aliphatic rings. The summed E-state index contributed by atoms with van der Waals surface area (Å²) < 4.78 is 16.3. The van der Waals surface area contributed by atoms with E-state index in [1.54, 1.807) is 4.90 Å². The Morgan fingerprint density at radius 3 is 2.43 bits per heavy atom. The van der Waals surface area contributed by atoms with E-state index in [0.29, 0.717) is 38.0 Å². The minimum atomic E-state index is -0.477. The molecule has 1 amide bonds. The van der Waals surface area contributed by atoms with Gasteiger partial charge < -0.3 is 18.9 Å². The zero-order valence-electron chi connectivity index (χ0n) is 17.0. The van der Waals surface area contributed by atoms with Gasteiger partial charge in [0.05, 0.1) is 13.2 Å². The summed E-state index contributed by atoms with van der Waals surface area (Å²) in [5.41, 5.74) is 0.406. The number of rotatable bonds is 5. The van der Waals surface area contributed by atoms with Crippen molar-refractivity contribution in [3.63, 3.8) is 0 Å². The number of aromatic nitrogens is 2. The maximum absolute atomic E-state index is 12.1. The van der Waals surface area contributed by atoms with Gasteiger partial charge in [-0.3, -0.25) is 4.90 Å². The van der Waals surface area contributed by atoms with Crippen molar-refractivity contribution in [3.8, 4) is 17.1 Å². The Hall–Kier alpha value is -2.61. The van der Waals surface area contributed by atoms with Gasteiger partial charge in [-0.05, 0) is 52.0 Å². The molecule has 0 aliphatic carbocycles. The monoisotopic (exact) mass is 388 g/mol. The van der Waals surface area contributed by atoms with E-state index in [1.807, 2.05) is 52.0 Å². The fraction of sp³-hybridized carbons (Fsp3) is 0.550. The number of benzene rings is 1. The maximum atomic E-state index is 12.1. The lowest BCUT2D eigenvalue weighted by molar-refractivity contribution is 0.0132. The molecule has 1 saturated heterocycles. The number of nitrogens with zero attached hydrogens (tertiary/aromatic N) is 4. The molecule has 1 aliphatic heterocycles. The van der Waals surface area contributed by atoms with E-state index in [9.17, 15) is 4.79 Å². The van der Waals surface area contributed by atoms with Gasteiger partial charge in [-0.1, -0.05) is 5.16 Å². The topological polar surface area (TPSA) is 80.9 Å². The molecule has 8 heteroatoms. The van der Waals surface area contributed by atoms with Crippen molar-refractivity contribution in [2.24, 2.45) is 0 Å². The summed E-state index contributed by atoms with van der Waals surface area (Å²) in [4.78, 5) is 20.6. The number of carbonyl (C=O) groups excluding carboxylic acids is 1. The van der Waals surface area contributed by atoms with Crippen molar-refractivity contribution >= 4 is 6.09 Å². The molecular weight excluding hydrogens is 360 g/mol. The Labute approximate surface area is 165 Å². The van der Waals surface area contributed by atoms with E-state index in [-0.39, 0.29) is 6.09 Å². The number of hydrogen-bond donors (Lipinski definition) is 0. The van der Waals surface area contributed by atoms with Gasteiger partial charge in [0.2, 0.25) is 11.7 Å². The highest BCUT2D eigenvalue weighted by Gasteiger charge is 2.26. The first-order valence-electron chi connectivity index (χ1n) is 9.60. The highest BCUT2D eigenvalue weighted by Crippen LogP contribution is 2.20. The van der Waals surface area contributed by atoms with Gasteiger partial charge in [0.15, 0.2) is 0 Å². The molecule has 8 nitrogen and oxygen atoms in total. The number of ether oxygens (including phenoxy) is 2. The molecule has 2 heterocycles. The van der Waals surface area contributed by atoms with Crippen molar-refractivity contribution < 1.29 is 18.8 Å². The van der Waals surface area contributed by atoms with Crippen LogP contribution in [0.15, 0.2) is 28.8 Å². The third-order valence-corrected chi connectivity index (χ3v) is 4.27. The molecule has 1 aromatic heterocycles. The first kappa shape index (κ1) is 20.1. The summed E-state index contributed by atoms with van der Waals surface area (Å²) in [7, 11) is 0. The maximum Gasteiger partial charge on any atom is 0.410 e. The molecule has 0 unspecified atom stereocenters. The average molecular weight is 388 g/mol. The zero-order chi connectivity index (χ0) is 20.1. The Balaban J connectivity index is 1.51. The van der Waals surface area contributed by atoms with Crippen molar-refractivity contribution in [2.45, 2.75) is 39.8 Å². The SMILES string of the molecule is CCOc1ccc(-c2noc(CN3CCN(C(=O)OC(C)(C)C)CC3)n2)cc1. The highest BCUT2D eigenvalue weighted by molar-refractivity contribution is 5.68. The Morgan fingerprint density at radius 1 is 1.14 bits per heavy atom. The predicted octanol–water partition coefficient (Wildman–Crippen LogP) is 3.19. The zero-order valence-corrected chi connectivity index (χ0v) is 17.0. The molecule has 0 saturated carbocycles. The Kier molecular flexibility index (Phi) is 6.18. The normalized spacial score (nSPS) is 15.5. The summed E-state index contributed by atoms with van der Waals surface area (Å²) in [6.07, 6.45) is -0.261. The van der Waals surface area contributed by atoms with Crippen LogP contribution in [0.2, 0.25) is 0 Å². The molecule has 2 aromatic rings. The number of amides is 1. The van der Waals surface area contributed by atoms with Gasteiger partial charge >= 0.3 is 6.09 Å². The van der Waals surface area contributed by atoms with Crippen LogP contribution in [-0.4, -0.2) is 64.4 Å². The fourth-order valence-electron chi connectivity index (χ4n) is 2.91. The van der Waals surface area contributed by atoms with Gasteiger partial charge in [0, 0.05) is 31.7 Å². The van der Waals surface area contributed by atoms with Crippen LogP contribution in [0.1, 0.15) is 33.6 Å². The van der Waals surface area contributed by atoms with Gasteiger partial charge in [-0.15, -0.1) is 0 Å². The lowest BCUT2D eigenvalue weighted by atomic mass is 10.2. The summed E-state index contributed by atoms with van der Waals surface area (Å²) in [5, 5.41) is 4.07. The molecule has 1 fully saturated rings. The quantitative estimate of drug-likeness (QED) is 0.778. The minimum Gasteiger partial charge on any atom is -0.494 e. The lowest BCUT2D eigenvalue weighted by Gasteiger charge is -2.34. The van der Waals surface area contributed by atoms with Crippen LogP contribution >= 0.6 is 0 Å². The molecule has 0 radical (unpaired) electrons. The lowest BCUT2D eigenvalue weighted by Crippen LogP contribution is -2.49. The third kappa shape index (κ3) is 5.45. The smallest absolute Gasteiger partial charge is 0.410 e. The van der Waals surface area contributed by atoms with E-state index in [0.717, 1.165) is 24.4 Å². The second-order valence-electron chi connectivity index (χ2n) is 7.71. The Morgan fingerprint density at radius 2 is 1.82 bits per heavy atom. The molecule has 0 spiro atoms. The molecule has 0 atom stereocenters. The molecule has 28 heavy (non-hydrogen) atoms. The number of piperazine rings is 1. The second kappa shape index (κ2) is 8.60. The first-order valence-corrected chi connectivity index (χ1v) is 9.60. The van der Waals surface area contributed by atoms with E-state index in [2.05, 4.69) is 15.0 Å². The third-order valence-electron chi connectivity index (χ3n) is 4.27. The summed E-state index contributed by atoms with van der Waals surface area (Å²) in [5.74, 6) is 1.94. The van der Waals surface area contributed by atoms with Crippen molar-refractivity contribution in [1.82, 2.24) is 19.9 Å². The summed E-state index contributed by atoms with van der Waals surface area (Å²) in [6.45, 7) is 11.5. The van der Waals surface area contributed by atoms with Gasteiger partial charge in [0.1, 0.15) is 11.4 Å². The molecular formula is C20H28N4O4. The summed E-state index contributed by atoms with van der Waals surface area (Å²) in [6, 6.07) is 7.62. The second-order valence-corrected chi connectivity index (χ2v) is 7.71. The minimum absolute atomic E-state index is 0.261. The standard InChI is InChI=1S/C20H28N4O4/c1-5-26-16-8-6-15(7-9-16)18-21-17(28-22-18)14-23-10-12-24(13-11-23)19(25)27-20(2,3)4/h6-9H,5,10-14H2,1-4H3. The van der Waals surface area contributed by atoms with Gasteiger partial charge in [-0.25, -0.2) is 4.79 Å². The van der Waals surface area contributed by atoms with Crippen molar-refractivity contribution in [2.75, 3.05) is 32.8 Å². The number of hydrogen-bond acceptors (Lipinski definition) is 7. The van der Waals surface area contributed by atoms with Crippen molar-refractivity contribution in [1.29, 1.82) is 0 Å². The summed E-state index contributed by atoms with van der Waals surface area (Å²) >= 11 is 0. The van der Waals surface area contributed by atoms with Gasteiger partial charge in [0.25, 0.3) is 0 Å². The van der Waals surface area contributed by atoms with E-state index in [4.69, 9.17) is 14.0 Å². The van der Waals surface area contributed by atoms with Crippen LogP contribution in [0.4, 0.5) is 4.79 Å². The highest BCUT2D eigenvalue weighted by atomic mass is 16.6. The largest absolute Gasteiger partial charge is 0.494 e. The van der Waals surface area contributed by atoms with Gasteiger partial charge in [-0.2, -0.15) is 4.98 Å². The fourth-order valence-corrected chi connectivity index (χ4v) is 2.91.